The molecule has 6 nitrogen and oxygen atoms in total. The van der Waals surface area contributed by atoms with Gasteiger partial charge >= 0.3 is 0 Å². The van der Waals surface area contributed by atoms with E-state index in [1.54, 1.807) is 0 Å². The number of hydrogen-bond acceptors (Lipinski definition) is 6. The molecule has 2 aliphatic rings. The lowest BCUT2D eigenvalue weighted by Crippen LogP contribution is -2.26. The third kappa shape index (κ3) is 5.33. The summed E-state index contributed by atoms with van der Waals surface area (Å²) in [6, 6.07) is 66.4. The molecule has 1 unspecified atom stereocenters. The molecule has 2 heterocycles. The van der Waals surface area contributed by atoms with E-state index in [9.17, 15) is 5.26 Å². The molecular formula is C57H39N5O. The Morgan fingerprint density at radius 1 is 0.556 bits per heavy atom. The van der Waals surface area contributed by atoms with Crippen molar-refractivity contribution >= 4 is 61.8 Å². The van der Waals surface area contributed by atoms with Crippen LogP contribution < -0.4 is 15.5 Å². The van der Waals surface area contributed by atoms with Crippen LogP contribution >= 0.6 is 0 Å². The number of rotatable bonds is 6. The van der Waals surface area contributed by atoms with Crippen molar-refractivity contribution in [2.24, 2.45) is 0 Å². The number of nitrogens with two attached hydrogens (primary N) is 1. The molecule has 0 saturated carbocycles. The molecule has 0 amide bonds. The van der Waals surface area contributed by atoms with Gasteiger partial charge in [-0.3, -0.25) is 4.98 Å². The van der Waals surface area contributed by atoms with Crippen LogP contribution in [-0.4, -0.2) is 4.98 Å². The van der Waals surface area contributed by atoms with Crippen LogP contribution in [0.25, 0.3) is 44.3 Å². The summed E-state index contributed by atoms with van der Waals surface area (Å²) in [7, 11) is 0. The van der Waals surface area contributed by atoms with Gasteiger partial charge in [0.05, 0.1) is 33.8 Å². The van der Waals surface area contributed by atoms with Crippen LogP contribution in [0.15, 0.2) is 193 Å². The fraction of sp³-hybridized carbons (Fsp3) is 0.0526. The fourth-order valence-electron chi connectivity index (χ4n) is 10.2. The number of pyridine rings is 1. The quantitative estimate of drug-likeness (QED) is 0.168. The molecule has 0 fully saturated rings. The first-order valence-electron chi connectivity index (χ1n) is 21.2. The highest BCUT2D eigenvalue weighted by atomic mass is 16.3. The summed E-state index contributed by atoms with van der Waals surface area (Å²) in [6.45, 7) is 4.23. The number of para-hydroxylation sites is 1. The zero-order valence-corrected chi connectivity index (χ0v) is 34.7. The van der Waals surface area contributed by atoms with Crippen molar-refractivity contribution in [1.29, 1.82) is 5.26 Å². The van der Waals surface area contributed by atoms with Crippen LogP contribution in [0.2, 0.25) is 0 Å². The van der Waals surface area contributed by atoms with E-state index in [2.05, 4.69) is 169 Å². The summed E-state index contributed by atoms with van der Waals surface area (Å²) in [5.41, 5.74) is 25.6. The van der Waals surface area contributed by atoms with Gasteiger partial charge in [0.25, 0.3) is 0 Å². The van der Waals surface area contributed by atoms with E-state index in [1.807, 2.05) is 48.7 Å². The van der Waals surface area contributed by atoms with Crippen molar-refractivity contribution in [3.8, 4) is 28.5 Å². The molecular weight excluding hydrogens is 771 g/mol. The Bertz CT molecular complexity index is 3400. The van der Waals surface area contributed by atoms with Crippen LogP contribution in [0, 0.1) is 25.2 Å². The molecule has 2 N–H and O–H groups in total. The van der Waals surface area contributed by atoms with Gasteiger partial charge in [0.1, 0.15) is 11.2 Å². The average Bonchev–Trinajstić information content (AvgIpc) is 3.96. The molecule has 1 spiro atoms. The molecule has 0 bridgehead atoms. The van der Waals surface area contributed by atoms with Crippen LogP contribution in [0.3, 0.4) is 0 Å². The third-order valence-electron chi connectivity index (χ3n) is 13.0. The summed E-state index contributed by atoms with van der Waals surface area (Å²) in [5.74, 6) is 0. The van der Waals surface area contributed by atoms with E-state index in [0.717, 1.165) is 95.1 Å². The highest BCUT2D eigenvalue weighted by molar-refractivity contribution is 6.19. The number of hydrogen-bond donors (Lipinski definition) is 1. The molecule has 1 atom stereocenters. The molecule has 2 aromatic heterocycles. The van der Waals surface area contributed by atoms with E-state index in [4.69, 9.17) is 15.1 Å². The molecule has 6 heteroatoms. The van der Waals surface area contributed by atoms with Crippen molar-refractivity contribution in [3.63, 3.8) is 0 Å². The predicted octanol–water partition coefficient (Wildman–Crippen LogP) is 14.3. The lowest BCUT2D eigenvalue weighted by atomic mass is 9.70. The maximum absolute atomic E-state index is 9.85. The van der Waals surface area contributed by atoms with E-state index in [-0.39, 0.29) is 0 Å². The summed E-state index contributed by atoms with van der Waals surface area (Å²) >= 11 is 0. The zero-order valence-electron chi connectivity index (χ0n) is 34.7. The number of aromatic nitrogens is 1. The largest absolute Gasteiger partial charge is 0.455 e. The van der Waals surface area contributed by atoms with Crippen molar-refractivity contribution in [1.82, 2.24) is 4.98 Å². The second kappa shape index (κ2) is 13.8. The molecule has 2 aliphatic carbocycles. The van der Waals surface area contributed by atoms with Crippen LogP contribution in [-0.2, 0) is 5.41 Å². The van der Waals surface area contributed by atoms with Gasteiger partial charge in [-0.2, -0.15) is 5.26 Å². The number of nitrogens with zero attached hydrogens (tertiary/aromatic N) is 4. The van der Waals surface area contributed by atoms with Gasteiger partial charge in [-0.05, 0) is 145 Å². The Balaban J connectivity index is 1.22. The van der Waals surface area contributed by atoms with Crippen molar-refractivity contribution in [2.45, 2.75) is 19.3 Å². The molecule has 10 aromatic rings. The van der Waals surface area contributed by atoms with Crippen LogP contribution in [0.4, 0.5) is 39.8 Å². The van der Waals surface area contributed by atoms with Gasteiger partial charge in [-0.25, -0.2) is 0 Å². The molecule has 8 aromatic carbocycles. The average molecular weight is 810 g/mol. The second-order valence-corrected chi connectivity index (χ2v) is 16.6. The van der Waals surface area contributed by atoms with Gasteiger partial charge in [0.15, 0.2) is 0 Å². The van der Waals surface area contributed by atoms with E-state index < -0.39 is 5.41 Å². The zero-order chi connectivity index (χ0) is 42.4. The Morgan fingerprint density at radius 2 is 1.16 bits per heavy atom. The normalized spacial score (nSPS) is 14.3. The minimum absolute atomic E-state index is 0.603. The van der Waals surface area contributed by atoms with Gasteiger partial charge in [0, 0.05) is 56.8 Å². The number of benzene rings is 8. The number of nitrogen functional groups attached to an aromatic ring is 1. The number of furan rings is 1. The highest BCUT2D eigenvalue weighted by Gasteiger charge is 2.54. The van der Waals surface area contributed by atoms with Gasteiger partial charge < -0.3 is 20.0 Å². The highest BCUT2D eigenvalue weighted by Crippen LogP contribution is 2.65. The molecule has 12 rings (SSSR count). The number of aryl methyl sites for hydroxylation is 2. The molecule has 63 heavy (non-hydrogen) atoms. The first-order valence-corrected chi connectivity index (χ1v) is 21.2. The predicted molar refractivity (Wildman–Crippen MR) is 256 cm³/mol. The summed E-state index contributed by atoms with van der Waals surface area (Å²) < 4.78 is 7.18. The molecule has 298 valence electrons. The molecule has 0 radical (unpaired) electrons. The van der Waals surface area contributed by atoms with Gasteiger partial charge in [-0.1, -0.05) is 90.0 Å². The van der Waals surface area contributed by atoms with Crippen molar-refractivity contribution < 1.29 is 4.42 Å². The van der Waals surface area contributed by atoms with E-state index in [1.165, 1.54) is 16.7 Å². The monoisotopic (exact) mass is 809 g/mol. The Morgan fingerprint density at radius 3 is 1.87 bits per heavy atom. The fourth-order valence-corrected chi connectivity index (χ4v) is 10.2. The third-order valence-corrected chi connectivity index (χ3v) is 13.0. The van der Waals surface area contributed by atoms with Gasteiger partial charge in [0.2, 0.25) is 0 Å². The summed E-state index contributed by atoms with van der Waals surface area (Å²) in [5, 5.41) is 11.9. The molecule has 0 aliphatic heterocycles. The number of anilines is 7. The van der Waals surface area contributed by atoms with Crippen molar-refractivity contribution in [2.75, 3.05) is 15.5 Å². The van der Waals surface area contributed by atoms with E-state index in [0.29, 0.717) is 11.3 Å². The standard InChI is InChI=1S/C57H39N5O/c1-35-13-21-39(22-14-35)61(40-27-19-38(59)20-28-40)43-29-30-44-49(32-43)57(47-10-5-3-8-45(47)55-48(57)11-7-31-60-55)50-33-51(54-46-9-4-6-12-52(46)63-56(54)53(44)50)62(41-23-15-36(2)16-24-41)42-25-17-37(34-58)18-26-42/h3-33H,59H2,1-2H3. The minimum Gasteiger partial charge on any atom is -0.455 e. The Kier molecular flexibility index (Phi) is 7.99. The topological polar surface area (TPSA) is 82.3 Å². The van der Waals surface area contributed by atoms with E-state index >= 15 is 0 Å². The summed E-state index contributed by atoms with van der Waals surface area (Å²) in [6.07, 6.45) is 1.90. The Labute approximate surface area is 365 Å². The SMILES string of the molecule is Cc1ccc(N(c2ccc(N)cc2)c2ccc3c(c2)C2(c4ccccc4-c4ncccc42)c2cc(N(c4ccc(C)cc4)c4ccc(C#N)cc4)c4c(oc5ccccc54)c2-3)cc1. The lowest BCUT2D eigenvalue weighted by molar-refractivity contribution is 0.669. The van der Waals surface area contributed by atoms with Crippen LogP contribution in [0.5, 0.6) is 0 Å². The van der Waals surface area contributed by atoms with Crippen LogP contribution in [0.1, 0.15) is 38.9 Å². The summed E-state index contributed by atoms with van der Waals surface area (Å²) in [4.78, 5) is 9.76. The smallest absolute Gasteiger partial charge is 0.145 e. The first kappa shape index (κ1) is 36.5. The maximum Gasteiger partial charge on any atom is 0.145 e. The second-order valence-electron chi connectivity index (χ2n) is 16.6. The number of fused-ring (bicyclic) bond motifs is 14. The molecule has 0 saturated heterocycles. The Hall–Kier alpha value is -8.40. The first-order chi connectivity index (χ1) is 30.9. The minimum atomic E-state index is -0.771. The lowest BCUT2D eigenvalue weighted by Gasteiger charge is -2.33. The number of nitriles is 1. The maximum atomic E-state index is 9.85. The van der Waals surface area contributed by atoms with Gasteiger partial charge in [-0.15, -0.1) is 0 Å². The van der Waals surface area contributed by atoms with Crippen molar-refractivity contribution in [3.05, 3.63) is 227 Å².